The van der Waals surface area contributed by atoms with Gasteiger partial charge in [0, 0.05) is 44.7 Å². The summed E-state index contributed by atoms with van der Waals surface area (Å²) in [5.74, 6) is 0.128. The number of hydrogen-bond acceptors (Lipinski definition) is 6. The van der Waals surface area contributed by atoms with Crippen LogP contribution in [0.15, 0.2) is 29.2 Å². The highest BCUT2D eigenvalue weighted by molar-refractivity contribution is 7.89. The molecule has 0 bridgehead atoms. The zero-order chi connectivity index (χ0) is 25.9. The second-order valence-electron chi connectivity index (χ2n) is 10.5. The van der Waals surface area contributed by atoms with Crippen molar-refractivity contribution in [2.45, 2.75) is 69.4 Å². The Morgan fingerprint density at radius 2 is 2.00 bits per heavy atom. The van der Waals surface area contributed by atoms with Crippen molar-refractivity contribution in [1.29, 1.82) is 0 Å². The second kappa shape index (κ2) is 11.6. The van der Waals surface area contributed by atoms with E-state index in [1.807, 2.05) is 19.1 Å². The van der Waals surface area contributed by atoms with Crippen LogP contribution in [0.3, 0.4) is 0 Å². The van der Waals surface area contributed by atoms with E-state index in [2.05, 4.69) is 6.08 Å². The van der Waals surface area contributed by atoms with E-state index >= 15 is 0 Å². The van der Waals surface area contributed by atoms with Crippen molar-refractivity contribution in [3.63, 3.8) is 0 Å². The number of carbonyl (C=O) groups is 1. The Morgan fingerprint density at radius 3 is 2.67 bits per heavy atom. The molecular formula is C27H40N2O6S. The number of nitrogens with zero attached hydrogens (tertiary/aromatic N) is 2. The number of fused-ring (bicyclic) bond motifs is 1. The SMILES string of the molecule is C[C@@H]1CN([C@H](C)CO)S(=O)(=O)c2ccc(C3=CCCCC3)cc2O[C@H]1CN(C)C(=O)C1CCOCC1. The molecule has 1 amide bonds. The summed E-state index contributed by atoms with van der Waals surface area (Å²) < 4.78 is 40.7. The van der Waals surface area contributed by atoms with E-state index in [0.29, 0.717) is 38.3 Å². The minimum atomic E-state index is -3.89. The first-order valence-corrected chi connectivity index (χ1v) is 14.6. The molecule has 3 aliphatic rings. The molecule has 2 heterocycles. The third-order valence-corrected chi connectivity index (χ3v) is 9.75. The van der Waals surface area contributed by atoms with Crippen LogP contribution in [0.5, 0.6) is 5.75 Å². The summed E-state index contributed by atoms with van der Waals surface area (Å²) >= 11 is 0. The third-order valence-electron chi connectivity index (χ3n) is 7.73. The lowest BCUT2D eigenvalue weighted by Gasteiger charge is -2.38. The molecule has 4 rings (SSSR count). The summed E-state index contributed by atoms with van der Waals surface area (Å²) in [5, 5.41) is 9.85. The first-order chi connectivity index (χ1) is 17.2. The van der Waals surface area contributed by atoms with Crippen LogP contribution < -0.4 is 4.74 Å². The van der Waals surface area contributed by atoms with Gasteiger partial charge in [-0.25, -0.2) is 8.42 Å². The molecule has 1 N–H and O–H groups in total. The van der Waals surface area contributed by atoms with E-state index in [-0.39, 0.29) is 35.8 Å². The largest absolute Gasteiger partial charge is 0.487 e. The number of ether oxygens (including phenoxy) is 2. The predicted octanol–water partition coefficient (Wildman–Crippen LogP) is 3.30. The number of sulfonamides is 1. The molecule has 1 fully saturated rings. The third kappa shape index (κ3) is 5.79. The van der Waals surface area contributed by atoms with Crippen molar-refractivity contribution in [3.8, 4) is 5.75 Å². The van der Waals surface area contributed by atoms with Crippen molar-refractivity contribution in [2.75, 3.05) is 40.0 Å². The van der Waals surface area contributed by atoms with Gasteiger partial charge in [0.25, 0.3) is 0 Å². The van der Waals surface area contributed by atoms with Crippen LogP contribution in [0.4, 0.5) is 0 Å². The summed E-state index contributed by atoms with van der Waals surface area (Å²) in [5.41, 5.74) is 2.19. The van der Waals surface area contributed by atoms with Crippen molar-refractivity contribution in [2.24, 2.45) is 11.8 Å². The van der Waals surface area contributed by atoms with E-state index in [4.69, 9.17) is 9.47 Å². The molecule has 1 aromatic carbocycles. The van der Waals surface area contributed by atoms with Gasteiger partial charge in [0.1, 0.15) is 16.7 Å². The summed E-state index contributed by atoms with van der Waals surface area (Å²) in [6, 6.07) is 4.76. The number of likely N-dealkylation sites (N-methyl/N-ethyl adjacent to an activating group) is 1. The molecule has 36 heavy (non-hydrogen) atoms. The van der Waals surface area contributed by atoms with Crippen molar-refractivity contribution in [1.82, 2.24) is 9.21 Å². The van der Waals surface area contributed by atoms with E-state index < -0.39 is 22.2 Å². The molecule has 9 heteroatoms. The van der Waals surface area contributed by atoms with Crippen LogP contribution in [0, 0.1) is 11.8 Å². The monoisotopic (exact) mass is 520 g/mol. The number of aliphatic hydroxyl groups is 1. The van der Waals surface area contributed by atoms with E-state index in [1.54, 1.807) is 24.9 Å². The molecule has 0 unspecified atom stereocenters. The average molecular weight is 521 g/mol. The van der Waals surface area contributed by atoms with E-state index in [9.17, 15) is 18.3 Å². The van der Waals surface area contributed by atoms with Gasteiger partial charge in [-0.1, -0.05) is 19.1 Å². The summed E-state index contributed by atoms with van der Waals surface area (Å²) in [7, 11) is -2.09. The lowest BCUT2D eigenvalue weighted by Crippen LogP contribution is -2.50. The number of benzene rings is 1. The van der Waals surface area contributed by atoms with Gasteiger partial charge in [-0.15, -0.1) is 0 Å². The summed E-state index contributed by atoms with van der Waals surface area (Å²) in [6.45, 7) is 5.12. The zero-order valence-corrected chi connectivity index (χ0v) is 22.5. The number of amides is 1. The van der Waals surface area contributed by atoms with Crippen LogP contribution in [0.2, 0.25) is 0 Å². The van der Waals surface area contributed by atoms with Gasteiger partial charge in [-0.05, 0) is 68.7 Å². The second-order valence-corrected chi connectivity index (χ2v) is 12.3. The van der Waals surface area contributed by atoms with E-state index in [1.165, 1.54) is 16.3 Å². The van der Waals surface area contributed by atoms with Crippen LogP contribution >= 0.6 is 0 Å². The molecule has 2 aliphatic heterocycles. The molecule has 1 saturated heterocycles. The molecule has 3 atom stereocenters. The molecule has 1 aliphatic carbocycles. The standard InChI is InChI=1S/C27H40N2O6S/c1-19-16-29(20(2)18-30)36(32,33)26-10-9-23(21-7-5-4-6-8-21)15-24(26)35-25(19)17-28(3)27(31)22-11-13-34-14-12-22/h7,9-10,15,19-20,22,25,30H,4-6,8,11-14,16-18H2,1-3H3/t19-,20-,25+/m1/s1. The normalized spacial score (nSPS) is 26.1. The van der Waals surface area contributed by atoms with Gasteiger partial charge in [0.2, 0.25) is 15.9 Å². The van der Waals surface area contributed by atoms with Gasteiger partial charge in [-0.3, -0.25) is 4.79 Å². The maximum Gasteiger partial charge on any atom is 0.247 e. The number of aliphatic hydroxyl groups excluding tert-OH is 1. The number of hydrogen-bond donors (Lipinski definition) is 1. The van der Waals surface area contributed by atoms with Crippen molar-refractivity contribution >= 4 is 21.5 Å². The molecule has 0 spiro atoms. The Kier molecular flexibility index (Phi) is 8.75. The maximum absolute atomic E-state index is 13.7. The number of rotatable bonds is 6. The van der Waals surface area contributed by atoms with Gasteiger partial charge in [0.05, 0.1) is 13.2 Å². The number of allylic oxidation sites excluding steroid dienone is 2. The van der Waals surface area contributed by atoms with Gasteiger partial charge < -0.3 is 19.5 Å². The Labute approximate surface area is 215 Å². The Balaban J connectivity index is 1.68. The first-order valence-electron chi connectivity index (χ1n) is 13.2. The smallest absolute Gasteiger partial charge is 0.247 e. The molecule has 1 aromatic rings. The molecule has 0 radical (unpaired) electrons. The lowest BCUT2D eigenvalue weighted by atomic mass is 9.93. The fourth-order valence-corrected chi connectivity index (χ4v) is 7.19. The first kappa shape index (κ1) is 27.1. The lowest BCUT2D eigenvalue weighted by molar-refractivity contribution is -0.138. The fourth-order valence-electron chi connectivity index (χ4n) is 5.36. The summed E-state index contributed by atoms with van der Waals surface area (Å²) in [6.07, 6.45) is 7.51. The Bertz CT molecular complexity index is 1070. The van der Waals surface area contributed by atoms with Gasteiger partial charge in [-0.2, -0.15) is 4.31 Å². The van der Waals surface area contributed by atoms with Crippen molar-refractivity contribution in [3.05, 3.63) is 29.8 Å². The highest BCUT2D eigenvalue weighted by atomic mass is 32.2. The quantitative estimate of drug-likeness (QED) is 0.618. The van der Waals surface area contributed by atoms with Gasteiger partial charge in [0.15, 0.2) is 0 Å². The zero-order valence-electron chi connectivity index (χ0n) is 21.7. The average Bonchev–Trinajstić information content (AvgIpc) is 2.90. The van der Waals surface area contributed by atoms with Crippen LogP contribution in [-0.4, -0.2) is 80.7 Å². The highest BCUT2D eigenvalue weighted by Gasteiger charge is 2.39. The van der Waals surface area contributed by atoms with Gasteiger partial charge >= 0.3 is 0 Å². The topological polar surface area (TPSA) is 96.4 Å². The van der Waals surface area contributed by atoms with Crippen LogP contribution in [0.1, 0.15) is 57.9 Å². The Hall–Kier alpha value is -1.94. The fraction of sp³-hybridized carbons (Fsp3) is 0.667. The van der Waals surface area contributed by atoms with Crippen LogP contribution in [0.25, 0.3) is 5.57 Å². The summed E-state index contributed by atoms with van der Waals surface area (Å²) in [4.78, 5) is 15.0. The molecule has 200 valence electrons. The minimum absolute atomic E-state index is 0.0592. The van der Waals surface area contributed by atoms with Crippen molar-refractivity contribution < 1.29 is 27.8 Å². The van der Waals surface area contributed by atoms with E-state index in [0.717, 1.165) is 24.8 Å². The molecular weight excluding hydrogens is 480 g/mol. The molecule has 8 nitrogen and oxygen atoms in total. The highest BCUT2D eigenvalue weighted by Crippen LogP contribution is 2.37. The molecule has 0 saturated carbocycles. The molecule has 0 aromatic heterocycles. The maximum atomic E-state index is 13.7. The minimum Gasteiger partial charge on any atom is -0.487 e. The van der Waals surface area contributed by atoms with Crippen LogP contribution in [-0.2, 0) is 19.6 Å². The predicted molar refractivity (Wildman–Crippen MR) is 138 cm³/mol. The number of carbonyl (C=O) groups excluding carboxylic acids is 1. The Morgan fingerprint density at radius 1 is 1.25 bits per heavy atom.